The van der Waals surface area contributed by atoms with E-state index in [0.29, 0.717) is 5.92 Å². The van der Waals surface area contributed by atoms with Crippen LogP contribution in [0.2, 0.25) is 0 Å². The van der Waals surface area contributed by atoms with Gasteiger partial charge >= 0.3 is 0 Å². The van der Waals surface area contributed by atoms with Gasteiger partial charge in [-0.15, -0.1) is 0 Å². The lowest BCUT2D eigenvalue weighted by Crippen LogP contribution is -2.30. The molecular weight excluding hydrogens is 248 g/mol. The smallest absolute Gasteiger partial charge is 0.130 e. The average Bonchev–Trinajstić information content (AvgIpc) is 2.38. The minimum absolute atomic E-state index is 0.110. The van der Waals surface area contributed by atoms with Crippen molar-refractivity contribution < 1.29 is 13.9 Å². The molecule has 0 spiro atoms. The van der Waals surface area contributed by atoms with Crippen LogP contribution in [-0.2, 0) is 0 Å². The molecule has 0 bridgehead atoms. The predicted molar refractivity (Wildman–Crippen MR) is 70.7 cm³/mol. The van der Waals surface area contributed by atoms with Gasteiger partial charge in [0.1, 0.15) is 11.6 Å². The van der Waals surface area contributed by atoms with Crippen LogP contribution in [0.15, 0.2) is 18.2 Å². The molecule has 0 aliphatic heterocycles. The van der Waals surface area contributed by atoms with Crippen molar-refractivity contribution in [1.82, 2.24) is 5.32 Å². The molecule has 0 saturated heterocycles. The van der Waals surface area contributed by atoms with Crippen LogP contribution in [0, 0.1) is 17.6 Å². The van der Waals surface area contributed by atoms with E-state index in [1.165, 1.54) is 18.2 Å². The van der Waals surface area contributed by atoms with Crippen molar-refractivity contribution in [1.29, 1.82) is 0 Å². The molecule has 1 saturated carbocycles. The molecule has 106 valence electrons. The van der Waals surface area contributed by atoms with Gasteiger partial charge in [-0.2, -0.15) is 0 Å². The van der Waals surface area contributed by atoms with Crippen LogP contribution in [0.3, 0.4) is 0 Å². The van der Waals surface area contributed by atoms with Crippen LogP contribution in [0.1, 0.15) is 44.2 Å². The highest BCUT2D eigenvalue weighted by atomic mass is 19.1. The van der Waals surface area contributed by atoms with Gasteiger partial charge in [0.25, 0.3) is 0 Å². The van der Waals surface area contributed by atoms with Crippen LogP contribution in [0.5, 0.6) is 0 Å². The SMILES string of the molecule is CC(NCC1CCC(O)CC1)c1c(F)cccc1F. The fraction of sp³-hybridized carbons (Fsp3) is 0.600. The van der Waals surface area contributed by atoms with Gasteiger partial charge in [-0.3, -0.25) is 0 Å². The van der Waals surface area contributed by atoms with Gasteiger partial charge in [-0.1, -0.05) is 6.07 Å². The Morgan fingerprint density at radius 1 is 1.21 bits per heavy atom. The van der Waals surface area contributed by atoms with Crippen LogP contribution in [0.25, 0.3) is 0 Å². The highest BCUT2D eigenvalue weighted by molar-refractivity contribution is 5.22. The third-order valence-electron chi connectivity index (χ3n) is 3.96. The second-order valence-electron chi connectivity index (χ2n) is 5.44. The van der Waals surface area contributed by atoms with Crippen LogP contribution in [0.4, 0.5) is 8.78 Å². The van der Waals surface area contributed by atoms with Gasteiger partial charge in [0.15, 0.2) is 0 Å². The van der Waals surface area contributed by atoms with E-state index in [2.05, 4.69) is 5.32 Å². The summed E-state index contributed by atoms with van der Waals surface area (Å²) in [6, 6.07) is 3.61. The molecule has 4 heteroatoms. The van der Waals surface area contributed by atoms with Gasteiger partial charge < -0.3 is 10.4 Å². The minimum Gasteiger partial charge on any atom is -0.393 e. The van der Waals surface area contributed by atoms with Crippen molar-refractivity contribution in [3.8, 4) is 0 Å². The molecule has 1 aliphatic rings. The summed E-state index contributed by atoms with van der Waals surface area (Å²) in [6.45, 7) is 2.51. The average molecular weight is 269 g/mol. The topological polar surface area (TPSA) is 32.3 Å². The molecule has 1 aromatic rings. The van der Waals surface area contributed by atoms with Crippen molar-refractivity contribution in [2.45, 2.75) is 44.8 Å². The Morgan fingerprint density at radius 2 is 1.79 bits per heavy atom. The minimum atomic E-state index is -0.501. The summed E-state index contributed by atoms with van der Waals surface area (Å²) in [5.74, 6) is -0.515. The van der Waals surface area contributed by atoms with E-state index in [1.54, 1.807) is 6.92 Å². The first-order chi connectivity index (χ1) is 9.08. The monoisotopic (exact) mass is 269 g/mol. The zero-order chi connectivity index (χ0) is 13.8. The molecule has 19 heavy (non-hydrogen) atoms. The highest BCUT2D eigenvalue weighted by Crippen LogP contribution is 2.25. The summed E-state index contributed by atoms with van der Waals surface area (Å²) < 4.78 is 27.2. The van der Waals surface area contributed by atoms with E-state index in [0.717, 1.165) is 32.2 Å². The Kier molecular flexibility index (Phi) is 4.88. The Balaban J connectivity index is 1.89. The summed E-state index contributed by atoms with van der Waals surface area (Å²) in [5.41, 5.74) is 0.110. The van der Waals surface area contributed by atoms with E-state index in [4.69, 9.17) is 0 Å². The zero-order valence-electron chi connectivity index (χ0n) is 11.2. The molecule has 1 fully saturated rings. The molecule has 0 radical (unpaired) electrons. The number of benzene rings is 1. The van der Waals surface area contributed by atoms with E-state index in [1.807, 2.05) is 0 Å². The first kappa shape index (κ1) is 14.4. The fourth-order valence-electron chi connectivity index (χ4n) is 2.72. The van der Waals surface area contributed by atoms with Crippen molar-refractivity contribution in [2.24, 2.45) is 5.92 Å². The van der Waals surface area contributed by atoms with Crippen LogP contribution >= 0.6 is 0 Å². The Morgan fingerprint density at radius 3 is 2.37 bits per heavy atom. The number of hydrogen-bond donors (Lipinski definition) is 2. The summed E-state index contributed by atoms with van der Waals surface area (Å²) in [6.07, 6.45) is 3.43. The first-order valence-corrected chi connectivity index (χ1v) is 6.93. The molecule has 2 rings (SSSR count). The van der Waals surface area contributed by atoms with E-state index in [-0.39, 0.29) is 17.7 Å². The van der Waals surface area contributed by atoms with Gasteiger partial charge in [0.2, 0.25) is 0 Å². The van der Waals surface area contributed by atoms with Crippen LogP contribution in [-0.4, -0.2) is 17.8 Å². The summed E-state index contributed by atoms with van der Waals surface area (Å²) >= 11 is 0. The number of nitrogens with one attached hydrogen (secondary N) is 1. The Labute approximate surface area is 112 Å². The third-order valence-corrected chi connectivity index (χ3v) is 3.96. The molecule has 1 unspecified atom stereocenters. The standard InChI is InChI=1S/C15H21F2NO/c1-10(15-13(16)3-2-4-14(15)17)18-9-11-5-7-12(19)8-6-11/h2-4,10-12,18-19H,5-9H2,1H3. The predicted octanol–water partition coefficient (Wildman–Crippen LogP) is 3.17. The van der Waals surface area contributed by atoms with Crippen molar-refractivity contribution in [3.63, 3.8) is 0 Å². The number of aliphatic hydroxyl groups is 1. The molecular formula is C15H21F2NO. The maximum absolute atomic E-state index is 13.6. The number of aliphatic hydroxyl groups excluding tert-OH is 1. The largest absolute Gasteiger partial charge is 0.393 e. The number of rotatable bonds is 4. The second-order valence-corrected chi connectivity index (χ2v) is 5.44. The molecule has 0 heterocycles. The normalized spacial score (nSPS) is 25.3. The third kappa shape index (κ3) is 3.74. The summed E-state index contributed by atoms with van der Waals surface area (Å²) in [4.78, 5) is 0. The summed E-state index contributed by atoms with van der Waals surface area (Å²) in [7, 11) is 0. The molecule has 1 aromatic carbocycles. The molecule has 2 N–H and O–H groups in total. The maximum atomic E-state index is 13.6. The lowest BCUT2D eigenvalue weighted by atomic mass is 9.87. The van der Waals surface area contributed by atoms with Crippen molar-refractivity contribution in [3.05, 3.63) is 35.4 Å². The molecule has 0 amide bonds. The Hall–Kier alpha value is -1.00. The highest BCUT2D eigenvalue weighted by Gasteiger charge is 2.21. The van der Waals surface area contributed by atoms with Gasteiger partial charge in [0.05, 0.1) is 6.10 Å². The molecule has 0 aromatic heterocycles. The first-order valence-electron chi connectivity index (χ1n) is 6.93. The fourth-order valence-corrected chi connectivity index (χ4v) is 2.72. The number of halogens is 2. The van der Waals surface area contributed by atoms with Crippen molar-refractivity contribution in [2.75, 3.05) is 6.54 Å². The maximum Gasteiger partial charge on any atom is 0.130 e. The van der Waals surface area contributed by atoms with E-state index >= 15 is 0 Å². The van der Waals surface area contributed by atoms with Gasteiger partial charge in [-0.25, -0.2) is 8.78 Å². The Bertz CT molecular complexity index is 396. The van der Waals surface area contributed by atoms with E-state index < -0.39 is 11.6 Å². The second kappa shape index (κ2) is 6.44. The lowest BCUT2D eigenvalue weighted by Gasteiger charge is -2.27. The quantitative estimate of drug-likeness (QED) is 0.880. The number of hydrogen-bond acceptors (Lipinski definition) is 2. The van der Waals surface area contributed by atoms with Crippen molar-refractivity contribution >= 4 is 0 Å². The molecule has 1 atom stereocenters. The molecule has 2 nitrogen and oxygen atoms in total. The van der Waals surface area contributed by atoms with Gasteiger partial charge in [-0.05, 0) is 57.2 Å². The molecule has 1 aliphatic carbocycles. The lowest BCUT2D eigenvalue weighted by molar-refractivity contribution is 0.107. The van der Waals surface area contributed by atoms with E-state index in [9.17, 15) is 13.9 Å². The zero-order valence-corrected chi connectivity index (χ0v) is 11.2. The van der Waals surface area contributed by atoms with Gasteiger partial charge in [0, 0.05) is 11.6 Å². The summed E-state index contributed by atoms with van der Waals surface area (Å²) in [5, 5.41) is 12.6. The van der Waals surface area contributed by atoms with Crippen LogP contribution < -0.4 is 5.32 Å².